The minimum atomic E-state index is 1.22. The van der Waals surface area contributed by atoms with E-state index in [9.17, 15) is 0 Å². The molecule has 0 saturated heterocycles. The monoisotopic (exact) mass is 197 g/mol. The molecule has 0 aromatic rings. The average Bonchev–Trinajstić information content (AvgIpc) is 2.28. The molecule has 0 aromatic heterocycles. The Kier molecular flexibility index (Phi) is 13.8. The largest absolute Gasteiger partial charge is 0.405 e. The van der Waals surface area contributed by atoms with Crippen molar-refractivity contribution in [1.82, 2.24) is 0 Å². The molecule has 1 aliphatic rings. The highest BCUT2D eigenvalue weighted by molar-refractivity contribution is 5.25. The molecule has 14 heavy (non-hydrogen) atoms. The molecule has 1 heteroatoms. The fraction of sp³-hybridized carbons (Fsp3) is 0.692. The maximum absolute atomic E-state index is 5.31. The van der Waals surface area contributed by atoms with Crippen LogP contribution >= 0.6 is 0 Å². The standard InChI is InChI=1S/C9H15N.2C2H6/c1-8-4-2-3-5-9(8)6-7-10;2*1-2/h6-7H,2-5,10H2,1H3;2*1-2H3/b7-6-;;. The molecular formula is C13H27N. The Morgan fingerprint density at radius 1 is 1.00 bits per heavy atom. The molecule has 1 nitrogen and oxygen atoms in total. The van der Waals surface area contributed by atoms with Gasteiger partial charge >= 0.3 is 0 Å². The summed E-state index contributed by atoms with van der Waals surface area (Å²) in [7, 11) is 0. The zero-order valence-corrected chi connectivity index (χ0v) is 10.6. The third kappa shape index (κ3) is 6.76. The Morgan fingerprint density at radius 2 is 1.50 bits per heavy atom. The summed E-state index contributed by atoms with van der Waals surface area (Å²) in [5.74, 6) is 0. The molecule has 0 heterocycles. The van der Waals surface area contributed by atoms with E-state index in [-0.39, 0.29) is 0 Å². The molecule has 0 radical (unpaired) electrons. The third-order valence-corrected chi connectivity index (χ3v) is 2.09. The lowest BCUT2D eigenvalue weighted by Gasteiger charge is -2.13. The Labute approximate surface area is 90.1 Å². The van der Waals surface area contributed by atoms with Gasteiger partial charge in [-0.3, -0.25) is 0 Å². The highest BCUT2D eigenvalue weighted by Gasteiger charge is 2.05. The van der Waals surface area contributed by atoms with Gasteiger partial charge in [0.2, 0.25) is 0 Å². The number of allylic oxidation sites excluding steroid dienone is 3. The Balaban J connectivity index is 0. The molecule has 1 rings (SSSR count). The zero-order chi connectivity index (χ0) is 11.4. The van der Waals surface area contributed by atoms with Gasteiger partial charge in [-0.05, 0) is 50.5 Å². The van der Waals surface area contributed by atoms with Crippen LogP contribution in [-0.4, -0.2) is 0 Å². The molecule has 0 amide bonds. The van der Waals surface area contributed by atoms with E-state index in [1.54, 1.807) is 6.20 Å². The lowest BCUT2D eigenvalue weighted by atomic mass is 9.93. The molecule has 2 N–H and O–H groups in total. The summed E-state index contributed by atoms with van der Waals surface area (Å²) in [6, 6.07) is 0. The van der Waals surface area contributed by atoms with E-state index in [4.69, 9.17) is 5.73 Å². The SMILES string of the molecule is CC.CC.CC1=C(/C=C\N)CCCC1. The molecule has 0 saturated carbocycles. The first-order valence-corrected chi connectivity index (χ1v) is 5.91. The summed E-state index contributed by atoms with van der Waals surface area (Å²) in [5, 5.41) is 0. The quantitative estimate of drug-likeness (QED) is 0.662. The predicted molar refractivity (Wildman–Crippen MR) is 67.2 cm³/mol. The van der Waals surface area contributed by atoms with Gasteiger partial charge in [0.1, 0.15) is 0 Å². The number of rotatable bonds is 1. The summed E-state index contributed by atoms with van der Waals surface area (Å²) in [6.45, 7) is 10.2. The zero-order valence-electron chi connectivity index (χ0n) is 10.6. The molecule has 0 atom stereocenters. The Bertz CT molecular complexity index is 166. The summed E-state index contributed by atoms with van der Waals surface area (Å²) < 4.78 is 0. The van der Waals surface area contributed by atoms with Crippen LogP contribution < -0.4 is 5.73 Å². The summed E-state index contributed by atoms with van der Waals surface area (Å²) in [6.07, 6.45) is 8.85. The van der Waals surface area contributed by atoms with Crippen LogP contribution in [0.15, 0.2) is 23.4 Å². The number of nitrogens with two attached hydrogens (primary N) is 1. The number of hydrogen-bond donors (Lipinski definition) is 1. The van der Waals surface area contributed by atoms with Crippen LogP contribution in [0.3, 0.4) is 0 Å². The number of hydrogen-bond acceptors (Lipinski definition) is 1. The van der Waals surface area contributed by atoms with Gasteiger partial charge in [0.25, 0.3) is 0 Å². The fourth-order valence-electron chi connectivity index (χ4n) is 1.42. The van der Waals surface area contributed by atoms with Crippen LogP contribution in [0.5, 0.6) is 0 Å². The van der Waals surface area contributed by atoms with Gasteiger partial charge in [-0.15, -0.1) is 0 Å². The fourth-order valence-corrected chi connectivity index (χ4v) is 1.42. The van der Waals surface area contributed by atoms with Gasteiger partial charge in [0.15, 0.2) is 0 Å². The van der Waals surface area contributed by atoms with Crippen LogP contribution in [0.1, 0.15) is 60.3 Å². The molecular weight excluding hydrogens is 170 g/mol. The minimum Gasteiger partial charge on any atom is -0.405 e. The van der Waals surface area contributed by atoms with Crippen molar-refractivity contribution in [1.29, 1.82) is 0 Å². The first-order chi connectivity index (χ1) is 6.84. The Morgan fingerprint density at radius 3 is 1.93 bits per heavy atom. The normalized spacial score (nSPS) is 15.5. The summed E-state index contributed by atoms with van der Waals surface area (Å²) in [4.78, 5) is 0. The first kappa shape index (κ1) is 15.7. The van der Waals surface area contributed by atoms with Crippen molar-refractivity contribution in [3.8, 4) is 0 Å². The van der Waals surface area contributed by atoms with E-state index in [1.165, 1.54) is 36.8 Å². The second-order valence-electron chi connectivity index (χ2n) is 2.87. The van der Waals surface area contributed by atoms with E-state index in [0.717, 1.165) is 0 Å². The molecule has 0 aromatic carbocycles. The second kappa shape index (κ2) is 12.3. The highest BCUT2D eigenvalue weighted by atomic mass is 14.5. The molecule has 1 aliphatic carbocycles. The van der Waals surface area contributed by atoms with E-state index in [1.807, 2.05) is 33.8 Å². The lowest BCUT2D eigenvalue weighted by Crippen LogP contribution is -1.95. The minimum absolute atomic E-state index is 1.22. The summed E-state index contributed by atoms with van der Waals surface area (Å²) >= 11 is 0. The van der Waals surface area contributed by atoms with Crippen LogP contribution in [0.4, 0.5) is 0 Å². The van der Waals surface area contributed by atoms with Crippen molar-refractivity contribution in [3.05, 3.63) is 23.4 Å². The van der Waals surface area contributed by atoms with E-state index < -0.39 is 0 Å². The molecule has 0 unspecified atom stereocenters. The lowest BCUT2D eigenvalue weighted by molar-refractivity contribution is 0.682. The molecule has 84 valence electrons. The van der Waals surface area contributed by atoms with Crippen molar-refractivity contribution in [2.75, 3.05) is 0 Å². The maximum Gasteiger partial charge on any atom is -0.00596 e. The van der Waals surface area contributed by atoms with Crippen molar-refractivity contribution in [2.24, 2.45) is 5.73 Å². The van der Waals surface area contributed by atoms with Gasteiger partial charge < -0.3 is 5.73 Å². The molecule has 0 bridgehead atoms. The van der Waals surface area contributed by atoms with Gasteiger partial charge in [-0.25, -0.2) is 0 Å². The van der Waals surface area contributed by atoms with Crippen LogP contribution in [-0.2, 0) is 0 Å². The molecule has 0 fully saturated rings. The van der Waals surface area contributed by atoms with Crippen LogP contribution in [0.2, 0.25) is 0 Å². The van der Waals surface area contributed by atoms with Crippen molar-refractivity contribution in [3.63, 3.8) is 0 Å². The average molecular weight is 197 g/mol. The molecule has 0 spiro atoms. The van der Waals surface area contributed by atoms with E-state index in [0.29, 0.717) is 0 Å². The highest BCUT2D eigenvalue weighted by Crippen LogP contribution is 2.24. The Hall–Kier alpha value is -0.720. The van der Waals surface area contributed by atoms with Crippen LogP contribution in [0, 0.1) is 0 Å². The van der Waals surface area contributed by atoms with Gasteiger partial charge in [-0.2, -0.15) is 0 Å². The summed E-state index contributed by atoms with van der Waals surface area (Å²) in [5.41, 5.74) is 8.28. The third-order valence-electron chi connectivity index (χ3n) is 2.09. The predicted octanol–water partition coefficient (Wildman–Crippen LogP) is 4.40. The molecule has 0 aliphatic heterocycles. The second-order valence-corrected chi connectivity index (χ2v) is 2.87. The van der Waals surface area contributed by atoms with Crippen LogP contribution in [0.25, 0.3) is 0 Å². The van der Waals surface area contributed by atoms with Crippen molar-refractivity contribution in [2.45, 2.75) is 60.3 Å². The van der Waals surface area contributed by atoms with Gasteiger partial charge in [0.05, 0.1) is 0 Å². The van der Waals surface area contributed by atoms with Crippen molar-refractivity contribution < 1.29 is 0 Å². The van der Waals surface area contributed by atoms with E-state index >= 15 is 0 Å². The van der Waals surface area contributed by atoms with Crippen molar-refractivity contribution >= 4 is 0 Å². The first-order valence-electron chi connectivity index (χ1n) is 5.91. The smallest absolute Gasteiger partial charge is 0.00596 e. The van der Waals surface area contributed by atoms with Gasteiger partial charge in [0, 0.05) is 0 Å². The maximum atomic E-state index is 5.31. The van der Waals surface area contributed by atoms with E-state index in [2.05, 4.69) is 6.92 Å². The topological polar surface area (TPSA) is 26.0 Å². The van der Waals surface area contributed by atoms with Gasteiger partial charge in [-0.1, -0.05) is 33.3 Å².